The summed E-state index contributed by atoms with van der Waals surface area (Å²) in [5, 5.41) is 8.75. The Morgan fingerprint density at radius 2 is 1.88 bits per heavy atom. The van der Waals surface area contributed by atoms with Crippen molar-refractivity contribution in [1.29, 1.82) is 0 Å². The monoisotopic (exact) mass is 504 g/mol. The van der Waals surface area contributed by atoms with Crippen molar-refractivity contribution >= 4 is 64.6 Å². The average Bonchev–Trinajstić information content (AvgIpc) is 3.38. The number of nitrogens with zero attached hydrogens (tertiary/aromatic N) is 2. The summed E-state index contributed by atoms with van der Waals surface area (Å²) in [5.74, 6) is 1.04. The van der Waals surface area contributed by atoms with E-state index in [-0.39, 0.29) is 17.2 Å². The second-order valence-electron chi connectivity index (χ2n) is 6.98. The third kappa shape index (κ3) is 5.41. The third-order valence-corrected chi connectivity index (χ3v) is 7.43. The van der Waals surface area contributed by atoms with Gasteiger partial charge in [-0.1, -0.05) is 11.3 Å². The van der Waals surface area contributed by atoms with Crippen molar-refractivity contribution < 1.29 is 22.7 Å². The van der Waals surface area contributed by atoms with Crippen LogP contribution < -0.4 is 20.1 Å². The maximum Gasteiger partial charge on any atom is 0.232 e. The van der Waals surface area contributed by atoms with Crippen molar-refractivity contribution in [1.82, 2.24) is 9.97 Å². The molecule has 0 unspecified atom stereocenters. The maximum atomic E-state index is 12.5. The number of fused-ring (bicyclic) bond motifs is 1. The van der Waals surface area contributed by atoms with Crippen LogP contribution in [0.2, 0.25) is 0 Å². The summed E-state index contributed by atoms with van der Waals surface area (Å²) in [7, 11) is -0.151. The number of aromatic nitrogens is 2. The fourth-order valence-corrected chi connectivity index (χ4v) is 5.36. The summed E-state index contributed by atoms with van der Waals surface area (Å²) >= 11 is 2.58. The topological polar surface area (TPSA) is 120 Å². The van der Waals surface area contributed by atoms with Gasteiger partial charge in [0.2, 0.25) is 5.91 Å². The van der Waals surface area contributed by atoms with Crippen molar-refractivity contribution in [2.45, 2.75) is 11.3 Å². The Morgan fingerprint density at radius 3 is 2.61 bits per heavy atom. The van der Waals surface area contributed by atoms with Crippen LogP contribution in [0.15, 0.2) is 46.7 Å². The molecule has 9 nitrogen and oxygen atoms in total. The highest BCUT2D eigenvalue weighted by Gasteiger charge is 2.14. The lowest BCUT2D eigenvalue weighted by molar-refractivity contribution is -0.115. The van der Waals surface area contributed by atoms with Gasteiger partial charge in [-0.3, -0.25) is 4.79 Å². The number of methoxy groups -OCH3 is 2. The van der Waals surface area contributed by atoms with Gasteiger partial charge in [0.25, 0.3) is 0 Å². The number of thiazole rings is 2. The van der Waals surface area contributed by atoms with Crippen LogP contribution >= 0.6 is 22.7 Å². The highest BCUT2D eigenvalue weighted by atomic mass is 32.2. The molecule has 0 bridgehead atoms. The van der Waals surface area contributed by atoms with Crippen LogP contribution in [-0.4, -0.2) is 44.8 Å². The third-order valence-electron chi connectivity index (χ3n) is 4.58. The molecule has 0 aliphatic carbocycles. The highest BCUT2D eigenvalue weighted by Crippen LogP contribution is 2.33. The number of carbonyl (C=O) groups excluding carboxylic acids is 1. The predicted octanol–water partition coefficient (Wildman–Crippen LogP) is 4.10. The van der Waals surface area contributed by atoms with Crippen LogP contribution in [0.1, 0.15) is 5.69 Å². The Balaban J connectivity index is 1.43. The van der Waals surface area contributed by atoms with Gasteiger partial charge < -0.3 is 20.1 Å². The van der Waals surface area contributed by atoms with Gasteiger partial charge >= 0.3 is 0 Å². The van der Waals surface area contributed by atoms with E-state index < -0.39 is 9.84 Å². The van der Waals surface area contributed by atoms with Gasteiger partial charge in [-0.05, 0) is 30.3 Å². The quantitative estimate of drug-likeness (QED) is 0.368. The van der Waals surface area contributed by atoms with Crippen LogP contribution in [0.3, 0.4) is 0 Å². The van der Waals surface area contributed by atoms with Crippen LogP contribution in [0.5, 0.6) is 11.5 Å². The molecule has 33 heavy (non-hydrogen) atoms. The summed E-state index contributed by atoms with van der Waals surface area (Å²) in [6.45, 7) is 0. The van der Waals surface area contributed by atoms with Crippen molar-refractivity contribution in [3.63, 3.8) is 0 Å². The van der Waals surface area contributed by atoms with E-state index in [9.17, 15) is 13.2 Å². The first-order chi connectivity index (χ1) is 15.7. The number of rotatable bonds is 8. The molecule has 0 radical (unpaired) electrons. The van der Waals surface area contributed by atoms with E-state index in [0.717, 1.165) is 6.26 Å². The predicted molar refractivity (Wildman–Crippen MR) is 130 cm³/mol. The fraction of sp³-hybridized carbons (Fsp3) is 0.190. The first-order valence-electron chi connectivity index (χ1n) is 9.59. The van der Waals surface area contributed by atoms with E-state index >= 15 is 0 Å². The second kappa shape index (κ2) is 9.33. The highest BCUT2D eigenvalue weighted by molar-refractivity contribution is 7.90. The molecular formula is C21H20N4O5S3. The van der Waals surface area contributed by atoms with Gasteiger partial charge in [0.05, 0.1) is 47.1 Å². The lowest BCUT2D eigenvalue weighted by atomic mass is 10.2. The molecule has 12 heteroatoms. The Hall–Kier alpha value is -3.22. The number of hydrogen-bond acceptors (Lipinski definition) is 10. The molecule has 0 aliphatic heterocycles. The zero-order valence-corrected chi connectivity index (χ0v) is 20.4. The van der Waals surface area contributed by atoms with Gasteiger partial charge in [-0.2, -0.15) is 0 Å². The van der Waals surface area contributed by atoms with Gasteiger partial charge in [0.15, 0.2) is 20.1 Å². The van der Waals surface area contributed by atoms with E-state index in [0.29, 0.717) is 43.4 Å². The minimum Gasteiger partial charge on any atom is -0.497 e. The Morgan fingerprint density at radius 1 is 1.06 bits per heavy atom. The molecule has 0 spiro atoms. The summed E-state index contributed by atoms with van der Waals surface area (Å²) in [6.07, 6.45) is 1.22. The summed E-state index contributed by atoms with van der Waals surface area (Å²) in [6, 6.07) is 10.1. The second-order valence-corrected chi connectivity index (χ2v) is 10.9. The van der Waals surface area contributed by atoms with Crippen LogP contribution in [0.25, 0.3) is 10.2 Å². The number of amides is 1. The first-order valence-corrected chi connectivity index (χ1v) is 13.2. The molecule has 0 atom stereocenters. The Labute approximate surface area is 198 Å². The fourth-order valence-electron chi connectivity index (χ4n) is 2.99. The number of benzene rings is 2. The van der Waals surface area contributed by atoms with Crippen LogP contribution in [0.4, 0.5) is 16.0 Å². The van der Waals surface area contributed by atoms with E-state index in [2.05, 4.69) is 20.6 Å². The van der Waals surface area contributed by atoms with Gasteiger partial charge in [0.1, 0.15) is 11.5 Å². The molecule has 172 valence electrons. The lowest BCUT2D eigenvalue weighted by Gasteiger charge is -2.10. The number of ether oxygens (including phenoxy) is 2. The van der Waals surface area contributed by atoms with Gasteiger partial charge in [-0.15, -0.1) is 11.3 Å². The van der Waals surface area contributed by atoms with Gasteiger partial charge in [0, 0.05) is 17.7 Å². The van der Waals surface area contributed by atoms with E-state index in [4.69, 9.17) is 9.47 Å². The average molecular weight is 505 g/mol. The first kappa shape index (κ1) is 23.0. The molecular weight excluding hydrogens is 484 g/mol. The lowest BCUT2D eigenvalue weighted by Crippen LogP contribution is -2.14. The minimum absolute atomic E-state index is 0.0674. The minimum atomic E-state index is -3.31. The molecule has 0 saturated carbocycles. The van der Waals surface area contributed by atoms with Crippen molar-refractivity contribution in [3.8, 4) is 11.5 Å². The van der Waals surface area contributed by atoms with Crippen LogP contribution in [-0.2, 0) is 21.1 Å². The molecule has 4 aromatic rings. The maximum absolute atomic E-state index is 12.5. The number of nitrogens with one attached hydrogen (secondary N) is 2. The van der Waals surface area contributed by atoms with Crippen LogP contribution in [0, 0.1) is 0 Å². The van der Waals surface area contributed by atoms with Crippen molar-refractivity contribution in [2.75, 3.05) is 31.1 Å². The van der Waals surface area contributed by atoms with Crippen molar-refractivity contribution in [3.05, 3.63) is 47.5 Å². The summed E-state index contributed by atoms with van der Waals surface area (Å²) in [4.78, 5) is 21.5. The van der Waals surface area contributed by atoms with E-state index in [1.807, 2.05) is 0 Å². The molecule has 2 aromatic heterocycles. The molecule has 2 aromatic carbocycles. The SMILES string of the molecule is COc1ccc(OC)c(Nc2nc(CC(=O)Nc3nc4ccc(S(C)(=O)=O)cc4s3)cs2)c1. The van der Waals surface area contributed by atoms with Gasteiger partial charge in [-0.25, -0.2) is 18.4 Å². The zero-order chi connectivity index (χ0) is 23.6. The molecule has 0 aliphatic rings. The number of hydrogen-bond donors (Lipinski definition) is 2. The number of sulfone groups is 1. The molecule has 0 saturated heterocycles. The molecule has 0 fully saturated rings. The Bertz CT molecular complexity index is 1430. The molecule has 2 heterocycles. The van der Waals surface area contributed by atoms with E-state index in [1.165, 1.54) is 28.7 Å². The molecule has 2 N–H and O–H groups in total. The molecule has 1 amide bonds. The Kier molecular flexibility index (Phi) is 6.49. The normalized spacial score (nSPS) is 11.4. The summed E-state index contributed by atoms with van der Waals surface area (Å²) < 4.78 is 34.8. The smallest absolute Gasteiger partial charge is 0.232 e. The van der Waals surface area contributed by atoms with Crippen molar-refractivity contribution in [2.24, 2.45) is 0 Å². The largest absolute Gasteiger partial charge is 0.497 e. The molecule has 4 rings (SSSR count). The summed E-state index contributed by atoms with van der Waals surface area (Å²) in [5.41, 5.74) is 1.92. The number of carbonyl (C=O) groups is 1. The van der Waals surface area contributed by atoms with E-state index in [1.54, 1.807) is 49.9 Å². The zero-order valence-electron chi connectivity index (χ0n) is 17.9. The standard InChI is InChI=1S/C21H20N4O5S3/c1-29-13-4-7-17(30-2)16(9-13)24-20-22-12(11-31-20)8-19(26)25-21-23-15-6-5-14(33(3,27)28)10-18(15)32-21/h4-7,9-11H,8H2,1-3H3,(H,22,24)(H,23,25,26). The number of anilines is 3.